The number of nitrogens with zero attached hydrogens (tertiary/aromatic N) is 1. The van der Waals surface area contributed by atoms with Crippen molar-refractivity contribution in [2.75, 3.05) is 39.7 Å². The van der Waals surface area contributed by atoms with E-state index < -0.39 is 11.6 Å². The van der Waals surface area contributed by atoms with Crippen LogP contribution in [-0.2, 0) is 19.9 Å². The number of hydrogen-bond donors (Lipinski definition) is 2. The molecule has 0 aliphatic carbocycles. The maximum absolute atomic E-state index is 13.1. The SMILES string of the molecule is COC(=O)[C@@H]1C[NH+](CN2C(=O)N[C@@](C)(c3cccc(OC)c3)C2=O)CCS1. The highest BCUT2D eigenvalue weighted by atomic mass is 32.2. The standard InChI is InChI=1S/C18H23N3O5S/c1-18(12-5-4-6-13(9-12)25-2)16(23)21(17(24)19-18)11-20-7-8-27-14(10-20)15(22)26-3/h4-6,9,14H,7-8,10-11H2,1-3H3,(H,19,24)/p+1/t14-,18-/m0/s1. The molecule has 9 heteroatoms. The molecule has 2 saturated heterocycles. The van der Waals surface area contributed by atoms with Gasteiger partial charge in [-0.25, -0.2) is 9.69 Å². The molecule has 3 atom stereocenters. The molecule has 2 heterocycles. The summed E-state index contributed by atoms with van der Waals surface area (Å²) in [4.78, 5) is 39.6. The van der Waals surface area contributed by atoms with E-state index in [9.17, 15) is 14.4 Å². The van der Waals surface area contributed by atoms with E-state index in [0.29, 0.717) is 17.9 Å². The summed E-state index contributed by atoms with van der Waals surface area (Å²) in [6.45, 7) is 3.20. The summed E-state index contributed by atoms with van der Waals surface area (Å²) in [6, 6.07) is 6.69. The second-order valence-corrected chi connectivity index (χ2v) is 8.08. The number of carbonyl (C=O) groups is 3. The summed E-state index contributed by atoms with van der Waals surface area (Å²) in [5, 5.41) is 2.53. The molecule has 8 nitrogen and oxygen atoms in total. The highest BCUT2D eigenvalue weighted by molar-refractivity contribution is 8.00. The topological polar surface area (TPSA) is 89.4 Å². The Balaban J connectivity index is 1.75. The molecule has 0 bridgehead atoms. The van der Waals surface area contributed by atoms with E-state index in [1.165, 1.54) is 12.0 Å². The van der Waals surface area contributed by atoms with Crippen LogP contribution in [0.5, 0.6) is 5.75 Å². The van der Waals surface area contributed by atoms with Gasteiger partial charge < -0.3 is 19.7 Å². The van der Waals surface area contributed by atoms with Crippen molar-refractivity contribution in [1.29, 1.82) is 0 Å². The number of rotatable bonds is 5. The number of thioether (sulfide) groups is 1. The van der Waals surface area contributed by atoms with Gasteiger partial charge in [0.1, 0.15) is 17.8 Å². The second-order valence-electron chi connectivity index (χ2n) is 6.77. The van der Waals surface area contributed by atoms with Gasteiger partial charge in [-0.2, -0.15) is 0 Å². The van der Waals surface area contributed by atoms with Crippen molar-refractivity contribution < 1.29 is 28.8 Å². The monoisotopic (exact) mass is 394 g/mol. The van der Waals surface area contributed by atoms with E-state index in [1.54, 1.807) is 50.1 Å². The van der Waals surface area contributed by atoms with Gasteiger partial charge in [-0.3, -0.25) is 9.59 Å². The van der Waals surface area contributed by atoms with Gasteiger partial charge in [-0.15, -0.1) is 11.8 Å². The Morgan fingerprint density at radius 1 is 1.41 bits per heavy atom. The molecule has 3 rings (SSSR count). The number of amides is 3. The number of quaternary nitrogens is 1. The molecular formula is C18H24N3O5S+. The molecule has 1 aromatic rings. The van der Waals surface area contributed by atoms with E-state index in [2.05, 4.69) is 5.32 Å². The van der Waals surface area contributed by atoms with Crippen molar-refractivity contribution in [2.24, 2.45) is 0 Å². The van der Waals surface area contributed by atoms with Crippen LogP contribution in [-0.4, -0.2) is 67.8 Å². The summed E-state index contributed by atoms with van der Waals surface area (Å²) in [6.07, 6.45) is 0. The number of esters is 1. The van der Waals surface area contributed by atoms with E-state index in [0.717, 1.165) is 17.2 Å². The Labute approximate surface area is 162 Å². The first-order valence-electron chi connectivity index (χ1n) is 8.70. The Bertz CT molecular complexity index is 758. The fraction of sp³-hybridized carbons (Fsp3) is 0.500. The van der Waals surface area contributed by atoms with E-state index >= 15 is 0 Å². The van der Waals surface area contributed by atoms with Gasteiger partial charge in [0.05, 0.1) is 20.8 Å². The maximum Gasteiger partial charge on any atom is 0.329 e. The molecule has 0 saturated carbocycles. The van der Waals surface area contributed by atoms with Crippen LogP contribution in [0.3, 0.4) is 0 Å². The summed E-state index contributed by atoms with van der Waals surface area (Å²) in [5.41, 5.74) is -0.475. The molecule has 27 heavy (non-hydrogen) atoms. The van der Waals surface area contributed by atoms with E-state index in [1.807, 2.05) is 0 Å². The first kappa shape index (κ1) is 19.5. The number of hydrogen-bond acceptors (Lipinski definition) is 6. The second kappa shape index (κ2) is 7.77. The number of carbonyl (C=O) groups excluding carboxylic acids is 3. The fourth-order valence-electron chi connectivity index (χ4n) is 3.39. The Morgan fingerprint density at radius 2 is 2.19 bits per heavy atom. The quantitative estimate of drug-likeness (QED) is 0.522. The van der Waals surface area contributed by atoms with Gasteiger partial charge in [-0.05, 0) is 24.6 Å². The molecule has 146 valence electrons. The van der Waals surface area contributed by atoms with Gasteiger partial charge in [0.15, 0.2) is 11.9 Å². The molecule has 0 aromatic heterocycles. The predicted octanol–water partition coefficient (Wildman–Crippen LogP) is -0.407. The van der Waals surface area contributed by atoms with Gasteiger partial charge in [-0.1, -0.05) is 12.1 Å². The molecule has 1 unspecified atom stereocenters. The fourth-order valence-corrected chi connectivity index (χ4v) is 4.67. The highest BCUT2D eigenvalue weighted by Crippen LogP contribution is 2.30. The maximum atomic E-state index is 13.1. The van der Waals surface area contributed by atoms with E-state index in [4.69, 9.17) is 9.47 Å². The smallest absolute Gasteiger partial charge is 0.329 e. The zero-order valence-corrected chi connectivity index (χ0v) is 16.4. The number of urea groups is 1. The summed E-state index contributed by atoms with van der Waals surface area (Å²) in [5.74, 6) is 0.817. The van der Waals surface area contributed by atoms with Gasteiger partial charge in [0.2, 0.25) is 0 Å². The molecule has 0 radical (unpaired) electrons. The van der Waals surface area contributed by atoms with Crippen LogP contribution in [0.1, 0.15) is 12.5 Å². The van der Waals surface area contributed by atoms with Crippen LogP contribution in [0.4, 0.5) is 4.79 Å². The zero-order valence-electron chi connectivity index (χ0n) is 15.6. The molecule has 2 fully saturated rings. The van der Waals surface area contributed by atoms with Crippen LogP contribution in [0, 0.1) is 0 Å². The predicted molar refractivity (Wildman–Crippen MR) is 99.5 cm³/mol. The van der Waals surface area contributed by atoms with Crippen LogP contribution in [0.2, 0.25) is 0 Å². The van der Waals surface area contributed by atoms with E-state index in [-0.39, 0.29) is 23.8 Å². The minimum absolute atomic E-state index is 0.221. The van der Waals surface area contributed by atoms with Crippen molar-refractivity contribution in [2.45, 2.75) is 17.7 Å². The third-order valence-corrected chi connectivity index (χ3v) is 6.22. The third kappa shape index (κ3) is 3.74. The van der Waals surface area contributed by atoms with Crippen LogP contribution >= 0.6 is 11.8 Å². The molecule has 2 aliphatic rings. The number of imide groups is 1. The normalized spacial score (nSPS) is 28.0. The van der Waals surface area contributed by atoms with Crippen molar-refractivity contribution in [3.8, 4) is 5.75 Å². The Hall–Kier alpha value is -2.26. The minimum Gasteiger partial charge on any atom is -0.497 e. The first-order valence-corrected chi connectivity index (χ1v) is 9.75. The van der Waals surface area contributed by atoms with Gasteiger partial charge in [0.25, 0.3) is 5.91 Å². The first-order chi connectivity index (χ1) is 12.9. The minimum atomic E-state index is -1.14. The molecule has 2 aliphatic heterocycles. The Morgan fingerprint density at radius 3 is 2.89 bits per heavy atom. The number of methoxy groups -OCH3 is 2. The lowest BCUT2D eigenvalue weighted by Gasteiger charge is -2.30. The summed E-state index contributed by atoms with van der Waals surface area (Å²) < 4.78 is 10.0. The zero-order chi connectivity index (χ0) is 19.6. The van der Waals surface area contributed by atoms with Crippen LogP contribution in [0.15, 0.2) is 24.3 Å². The molecule has 3 amide bonds. The largest absolute Gasteiger partial charge is 0.497 e. The highest BCUT2D eigenvalue weighted by Gasteiger charge is 2.50. The molecule has 1 aromatic carbocycles. The lowest BCUT2D eigenvalue weighted by atomic mass is 9.92. The average molecular weight is 394 g/mol. The van der Waals surface area contributed by atoms with Crippen molar-refractivity contribution in [1.82, 2.24) is 10.2 Å². The average Bonchev–Trinajstić information content (AvgIpc) is 2.91. The number of nitrogens with one attached hydrogen (secondary N) is 2. The third-order valence-electron chi connectivity index (χ3n) is 5.02. The summed E-state index contributed by atoms with van der Waals surface area (Å²) in [7, 11) is 2.92. The molecule has 0 spiro atoms. The van der Waals surface area contributed by atoms with Crippen LogP contribution in [0.25, 0.3) is 0 Å². The van der Waals surface area contributed by atoms with Crippen LogP contribution < -0.4 is 15.0 Å². The van der Waals surface area contributed by atoms with Gasteiger partial charge >= 0.3 is 12.0 Å². The number of benzene rings is 1. The lowest BCUT2D eigenvalue weighted by molar-refractivity contribution is -0.905. The Kier molecular flexibility index (Phi) is 5.61. The van der Waals surface area contributed by atoms with Gasteiger partial charge in [0, 0.05) is 5.75 Å². The van der Waals surface area contributed by atoms with Crippen molar-refractivity contribution in [3.05, 3.63) is 29.8 Å². The molecular weight excluding hydrogens is 370 g/mol. The van der Waals surface area contributed by atoms with Crippen molar-refractivity contribution in [3.63, 3.8) is 0 Å². The molecule has 2 N–H and O–H groups in total. The number of ether oxygens (including phenoxy) is 2. The van der Waals surface area contributed by atoms with Crippen molar-refractivity contribution >= 4 is 29.7 Å². The summed E-state index contributed by atoms with van der Waals surface area (Å²) >= 11 is 1.55. The lowest BCUT2D eigenvalue weighted by Crippen LogP contribution is -3.16.